The summed E-state index contributed by atoms with van der Waals surface area (Å²) in [7, 11) is 0. The lowest BCUT2D eigenvalue weighted by molar-refractivity contribution is -0.130. The first-order valence-electron chi connectivity index (χ1n) is 14.1. The Hall–Kier alpha value is -5.09. The molecule has 0 radical (unpaired) electrons. The number of hydrogen-bond acceptors (Lipinski definition) is 7. The first kappa shape index (κ1) is 30.9. The van der Waals surface area contributed by atoms with E-state index >= 15 is 0 Å². The molecule has 0 aliphatic rings. The molecule has 10 nitrogen and oxygen atoms in total. The van der Waals surface area contributed by atoms with E-state index in [9.17, 15) is 14.4 Å². The van der Waals surface area contributed by atoms with Gasteiger partial charge in [0.15, 0.2) is 0 Å². The molecule has 0 aliphatic carbocycles. The van der Waals surface area contributed by atoms with Crippen molar-refractivity contribution in [3.63, 3.8) is 0 Å². The summed E-state index contributed by atoms with van der Waals surface area (Å²) in [6, 6.07) is 25.3. The Morgan fingerprint density at radius 2 is 1.37 bits per heavy atom. The van der Waals surface area contributed by atoms with Gasteiger partial charge in [-0.25, -0.2) is 4.79 Å². The summed E-state index contributed by atoms with van der Waals surface area (Å²) in [6.07, 6.45) is 0.882. The summed E-state index contributed by atoms with van der Waals surface area (Å²) in [4.78, 5) is 39.8. The number of rotatable bonds is 14. The van der Waals surface area contributed by atoms with Crippen LogP contribution in [0.1, 0.15) is 29.2 Å². The highest BCUT2D eigenvalue weighted by molar-refractivity contribution is 5.91. The van der Waals surface area contributed by atoms with Gasteiger partial charge in [0.25, 0.3) is 5.95 Å². The molecule has 1 aromatic heterocycles. The van der Waals surface area contributed by atoms with Gasteiger partial charge in [-0.1, -0.05) is 66.7 Å². The van der Waals surface area contributed by atoms with E-state index in [1.807, 2.05) is 73.7 Å². The standard InChI is InChI=1S/C33H36N4O6/c1-2-41-27-16-14-24(15-17-27)20-29(37-33(40)43-30-9-6-18-42-30)32(39)36-28(19-23-7-4-3-5-8-23)31(38)35-22-26-12-10-25(21-34)11-13-26/h3-18,28-29H,2,19-22,34H2,1H3,(H,35,38)(H,36,39)(H,37,40)/t28-,29+/m0/s1. The van der Waals surface area contributed by atoms with Gasteiger partial charge in [0.05, 0.1) is 12.9 Å². The average Bonchev–Trinajstić information content (AvgIpc) is 3.54. The minimum Gasteiger partial charge on any atom is -0.494 e. The number of nitrogens with one attached hydrogen (secondary N) is 3. The number of nitrogens with two attached hydrogens (primary N) is 1. The zero-order valence-electron chi connectivity index (χ0n) is 24.0. The van der Waals surface area contributed by atoms with Crippen LogP contribution >= 0.6 is 0 Å². The number of carbonyl (C=O) groups is 3. The van der Waals surface area contributed by atoms with Gasteiger partial charge in [-0.2, -0.15) is 0 Å². The normalized spacial score (nSPS) is 12.0. The van der Waals surface area contributed by atoms with E-state index in [2.05, 4.69) is 16.0 Å². The molecule has 1 heterocycles. The highest BCUT2D eigenvalue weighted by atomic mass is 16.6. The number of carbonyl (C=O) groups excluding carboxylic acids is 3. The summed E-state index contributed by atoms with van der Waals surface area (Å²) in [6.45, 7) is 3.11. The minimum atomic E-state index is -1.06. The summed E-state index contributed by atoms with van der Waals surface area (Å²) in [5.41, 5.74) is 9.20. The van der Waals surface area contributed by atoms with Crippen LogP contribution in [-0.2, 0) is 35.5 Å². The molecule has 0 fully saturated rings. The van der Waals surface area contributed by atoms with Gasteiger partial charge < -0.3 is 35.6 Å². The van der Waals surface area contributed by atoms with E-state index in [-0.39, 0.29) is 31.2 Å². The van der Waals surface area contributed by atoms with Gasteiger partial charge >= 0.3 is 6.09 Å². The van der Waals surface area contributed by atoms with Crippen LogP contribution in [-0.4, -0.2) is 36.6 Å². The molecular weight excluding hydrogens is 548 g/mol. The monoisotopic (exact) mass is 584 g/mol. The smallest absolute Gasteiger partial charge is 0.415 e. The molecule has 4 aromatic rings. The van der Waals surface area contributed by atoms with E-state index in [1.54, 1.807) is 18.2 Å². The van der Waals surface area contributed by atoms with Crippen molar-refractivity contribution in [1.29, 1.82) is 0 Å². The van der Waals surface area contributed by atoms with Crippen molar-refractivity contribution in [2.24, 2.45) is 5.73 Å². The molecule has 0 spiro atoms. The maximum atomic E-state index is 13.7. The molecule has 3 amide bonds. The maximum Gasteiger partial charge on any atom is 0.415 e. The minimum absolute atomic E-state index is 0.0152. The topological polar surface area (TPSA) is 145 Å². The second-order valence-electron chi connectivity index (χ2n) is 9.79. The van der Waals surface area contributed by atoms with Gasteiger partial charge in [0.2, 0.25) is 11.8 Å². The van der Waals surface area contributed by atoms with Crippen LogP contribution < -0.4 is 31.2 Å². The Morgan fingerprint density at radius 3 is 2.00 bits per heavy atom. The van der Waals surface area contributed by atoms with Gasteiger partial charge in [0.1, 0.15) is 17.8 Å². The third kappa shape index (κ3) is 9.75. The molecule has 0 unspecified atom stereocenters. The van der Waals surface area contributed by atoms with Crippen LogP contribution in [0, 0.1) is 0 Å². The fraction of sp³-hybridized carbons (Fsp3) is 0.242. The fourth-order valence-corrected chi connectivity index (χ4v) is 4.36. The first-order valence-corrected chi connectivity index (χ1v) is 14.1. The number of hydrogen-bond donors (Lipinski definition) is 4. The molecule has 5 N–H and O–H groups in total. The summed E-state index contributed by atoms with van der Waals surface area (Å²) >= 11 is 0. The number of ether oxygens (including phenoxy) is 2. The Kier molecular flexibility index (Phi) is 11.3. The van der Waals surface area contributed by atoms with E-state index < -0.39 is 24.1 Å². The van der Waals surface area contributed by atoms with Crippen molar-refractivity contribution in [3.05, 3.63) is 120 Å². The third-order valence-electron chi connectivity index (χ3n) is 6.61. The Balaban J connectivity index is 1.50. The zero-order valence-corrected chi connectivity index (χ0v) is 24.0. The van der Waals surface area contributed by atoms with Gasteiger partial charge in [-0.05, 0) is 47.4 Å². The highest BCUT2D eigenvalue weighted by Gasteiger charge is 2.28. The highest BCUT2D eigenvalue weighted by Crippen LogP contribution is 2.15. The molecule has 0 bridgehead atoms. The molecule has 0 saturated heterocycles. The molecular formula is C33H36N4O6. The van der Waals surface area contributed by atoms with Crippen molar-refractivity contribution < 1.29 is 28.3 Å². The third-order valence-corrected chi connectivity index (χ3v) is 6.61. The predicted octanol–water partition coefficient (Wildman–Crippen LogP) is 3.88. The van der Waals surface area contributed by atoms with Crippen molar-refractivity contribution in [2.45, 2.75) is 44.9 Å². The number of benzene rings is 3. The second-order valence-corrected chi connectivity index (χ2v) is 9.79. The van der Waals surface area contributed by atoms with E-state index in [1.165, 1.54) is 12.3 Å². The van der Waals surface area contributed by atoms with E-state index in [0.717, 1.165) is 22.3 Å². The number of furan rings is 1. The second kappa shape index (κ2) is 15.8. The predicted molar refractivity (Wildman–Crippen MR) is 161 cm³/mol. The van der Waals surface area contributed by atoms with Crippen LogP contribution in [0.4, 0.5) is 4.79 Å². The van der Waals surface area contributed by atoms with Gasteiger partial charge in [0, 0.05) is 32.0 Å². The van der Waals surface area contributed by atoms with Crippen LogP contribution in [0.5, 0.6) is 11.7 Å². The quantitative estimate of drug-likeness (QED) is 0.176. The van der Waals surface area contributed by atoms with Crippen LogP contribution in [0.15, 0.2) is 102 Å². The molecule has 224 valence electrons. The van der Waals surface area contributed by atoms with Crippen molar-refractivity contribution >= 4 is 17.9 Å². The lowest BCUT2D eigenvalue weighted by Crippen LogP contribution is -2.55. The maximum absolute atomic E-state index is 13.7. The van der Waals surface area contributed by atoms with Crippen molar-refractivity contribution in [3.8, 4) is 11.7 Å². The Morgan fingerprint density at radius 1 is 0.744 bits per heavy atom. The molecule has 0 aliphatic heterocycles. The molecule has 10 heteroatoms. The van der Waals surface area contributed by atoms with E-state index in [0.29, 0.717) is 18.9 Å². The zero-order chi connectivity index (χ0) is 30.4. The lowest BCUT2D eigenvalue weighted by Gasteiger charge is -2.23. The van der Waals surface area contributed by atoms with Crippen LogP contribution in [0.3, 0.4) is 0 Å². The van der Waals surface area contributed by atoms with Crippen molar-refractivity contribution in [2.75, 3.05) is 6.61 Å². The average molecular weight is 585 g/mol. The fourth-order valence-electron chi connectivity index (χ4n) is 4.36. The number of amides is 3. The summed E-state index contributed by atoms with van der Waals surface area (Å²) < 4.78 is 15.8. The molecule has 0 saturated carbocycles. The lowest BCUT2D eigenvalue weighted by atomic mass is 10.0. The molecule has 43 heavy (non-hydrogen) atoms. The largest absolute Gasteiger partial charge is 0.494 e. The van der Waals surface area contributed by atoms with Crippen LogP contribution in [0.25, 0.3) is 0 Å². The van der Waals surface area contributed by atoms with Crippen molar-refractivity contribution in [1.82, 2.24) is 16.0 Å². The Labute approximate surface area is 250 Å². The SMILES string of the molecule is CCOc1ccc(C[C@@H](NC(=O)Oc2ccco2)C(=O)N[C@@H](Cc2ccccc2)C(=O)NCc2ccc(CN)cc2)cc1. The molecule has 4 rings (SSSR count). The Bertz CT molecular complexity index is 1440. The summed E-state index contributed by atoms with van der Waals surface area (Å²) in [5.74, 6) is -0.236. The van der Waals surface area contributed by atoms with Gasteiger partial charge in [-0.15, -0.1) is 0 Å². The molecule has 3 aromatic carbocycles. The molecule has 2 atom stereocenters. The van der Waals surface area contributed by atoms with Gasteiger partial charge in [-0.3, -0.25) is 9.59 Å². The van der Waals surface area contributed by atoms with E-state index in [4.69, 9.17) is 19.6 Å². The summed E-state index contributed by atoms with van der Waals surface area (Å²) in [5, 5.41) is 8.38. The van der Waals surface area contributed by atoms with Crippen LogP contribution in [0.2, 0.25) is 0 Å². The first-order chi connectivity index (χ1) is 20.9.